The smallest absolute Gasteiger partial charge is 0.0250 e. The van der Waals surface area contributed by atoms with Crippen LogP contribution in [0.5, 0.6) is 0 Å². The Balaban J connectivity index is 1.98. The molecule has 4 atom stereocenters. The summed E-state index contributed by atoms with van der Waals surface area (Å²) in [7, 11) is 4.40. The van der Waals surface area contributed by atoms with Crippen LogP contribution in [0.25, 0.3) is 0 Å². The quantitative estimate of drug-likeness (QED) is 0.832. The van der Waals surface area contributed by atoms with E-state index in [1.807, 2.05) is 0 Å². The maximum Gasteiger partial charge on any atom is 0.0250 e. The normalized spacial score (nSPS) is 38.1. The first-order valence-electron chi connectivity index (χ1n) is 7.95. The molecule has 1 aliphatic heterocycles. The molecule has 1 saturated carbocycles. The van der Waals surface area contributed by atoms with E-state index in [0.29, 0.717) is 17.5 Å². The zero-order valence-electron chi connectivity index (χ0n) is 13.5. The Morgan fingerprint density at radius 3 is 2.32 bits per heavy atom. The molecule has 2 N–H and O–H groups in total. The summed E-state index contributed by atoms with van der Waals surface area (Å²) in [4.78, 5) is 5.04. The van der Waals surface area contributed by atoms with Crippen molar-refractivity contribution in [3.63, 3.8) is 0 Å². The van der Waals surface area contributed by atoms with E-state index in [0.717, 1.165) is 12.0 Å². The molecule has 2 aliphatic rings. The van der Waals surface area contributed by atoms with Crippen LogP contribution >= 0.6 is 0 Å². The summed E-state index contributed by atoms with van der Waals surface area (Å²) in [5, 5.41) is 0. The minimum absolute atomic E-state index is 0.388. The number of hydrogen-bond acceptors (Lipinski definition) is 3. The van der Waals surface area contributed by atoms with Crippen molar-refractivity contribution in [2.75, 3.05) is 27.2 Å². The monoisotopic (exact) mass is 267 g/mol. The zero-order chi connectivity index (χ0) is 14.2. The summed E-state index contributed by atoms with van der Waals surface area (Å²) in [6.07, 6.45) is 5.11. The van der Waals surface area contributed by atoms with E-state index in [9.17, 15) is 0 Å². The van der Waals surface area contributed by atoms with Gasteiger partial charge in [-0.15, -0.1) is 0 Å². The summed E-state index contributed by atoms with van der Waals surface area (Å²) in [6.45, 7) is 9.61. The number of nitrogens with two attached hydrogens (primary N) is 1. The average Bonchev–Trinajstić information content (AvgIpc) is 2.77. The van der Waals surface area contributed by atoms with Crippen molar-refractivity contribution >= 4 is 0 Å². The molecule has 1 aliphatic carbocycles. The highest BCUT2D eigenvalue weighted by molar-refractivity contribution is 4.96. The second kappa shape index (κ2) is 5.71. The predicted octanol–water partition coefficient (Wildman–Crippen LogP) is 2.16. The van der Waals surface area contributed by atoms with Gasteiger partial charge in [-0.25, -0.2) is 0 Å². The summed E-state index contributed by atoms with van der Waals surface area (Å²) < 4.78 is 0. The highest BCUT2D eigenvalue weighted by Gasteiger charge is 2.39. The minimum atomic E-state index is 0.388. The molecule has 3 heteroatoms. The third-order valence-corrected chi connectivity index (χ3v) is 5.49. The first-order valence-corrected chi connectivity index (χ1v) is 7.95. The molecule has 0 aromatic carbocycles. The Bertz CT molecular complexity index is 295. The van der Waals surface area contributed by atoms with Crippen LogP contribution in [-0.4, -0.2) is 55.1 Å². The van der Waals surface area contributed by atoms with E-state index in [4.69, 9.17) is 5.73 Å². The first-order chi connectivity index (χ1) is 8.79. The topological polar surface area (TPSA) is 32.5 Å². The zero-order valence-corrected chi connectivity index (χ0v) is 13.5. The second-order valence-corrected chi connectivity index (χ2v) is 8.01. The summed E-state index contributed by atoms with van der Waals surface area (Å²) in [6, 6.07) is 1.73. The van der Waals surface area contributed by atoms with E-state index in [1.54, 1.807) is 0 Å². The number of likely N-dealkylation sites (N-methyl/N-ethyl adjacent to an activating group) is 1. The van der Waals surface area contributed by atoms with Crippen LogP contribution in [-0.2, 0) is 0 Å². The Morgan fingerprint density at radius 2 is 1.79 bits per heavy atom. The Hall–Kier alpha value is -0.120. The fraction of sp³-hybridized carbons (Fsp3) is 1.00. The lowest BCUT2D eigenvalue weighted by molar-refractivity contribution is 0.0795. The lowest BCUT2D eigenvalue weighted by Gasteiger charge is -2.44. The van der Waals surface area contributed by atoms with Gasteiger partial charge in [0.2, 0.25) is 0 Å². The maximum absolute atomic E-state index is 6.43. The van der Waals surface area contributed by atoms with Gasteiger partial charge < -0.3 is 10.6 Å². The molecular weight excluding hydrogens is 234 g/mol. The SMILES string of the molecule is CN(C)C1CCN(C2CC(C(C)(C)C)CCC2N)C1. The van der Waals surface area contributed by atoms with E-state index < -0.39 is 0 Å². The standard InChI is InChI=1S/C16H33N3/c1-16(2,3)12-6-7-14(17)15(10-12)19-9-8-13(11-19)18(4)5/h12-15H,6-11,17H2,1-5H3. The molecule has 0 radical (unpaired) electrons. The van der Waals surface area contributed by atoms with E-state index in [-0.39, 0.29) is 0 Å². The van der Waals surface area contributed by atoms with Gasteiger partial charge in [-0.1, -0.05) is 20.8 Å². The molecule has 0 aromatic rings. The van der Waals surface area contributed by atoms with Crippen molar-refractivity contribution in [1.82, 2.24) is 9.80 Å². The van der Waals surface area contributed by atoms with Crippen molar-refractivity contribution in [2.45, 2.75) is 64.6 Å². The molecule has 0 amide bonds. The Labute approximate surface area is 119 Å². The van der Waals surface area contributed by atoms with E-state index >= 15 is 0 Å². The lowest BCUT2D eigenvalue weighted by atomic mass is 9.69. The molecule has 0 spiro atoms. The average molecular weight is 267 g/mol. The van der Waals surface area contributed by atoms with Crippen LogP contribution in [0, 0.1) is 11.3 Å². The van der Waals surface area contributed by atoms with Crippen LogP contribution < -0.4 is 5.73 Å². The predicted molar refractivity (Wildman–Crippen MR) is 82.2 cm³/mol. The van der Waals surface area contributed by atoms with Gasteiger partial charge >= 0.3 is 0 Å². The summed E-state index contributed by atoms with van der Waals surface area (Å²) >= 11 is 0. The third kappa shape index (κ3) is 3.50. The molecule has 19 heavy (non-hydrogen) atoms. The van der Waals surface area contributed by atoms with Crippen molar-refractivity contribution in [3.8, 4) is 0 Å². The van der Waals surface area contributed by atoms with Gasteiger partial charge in [-0.3, -0.25) is 4.90 Å². The lowest BCUT2D eigenvalue weighted by Crippen LogP contribution is -2.52. The number of nitrogens with zero attached hydrogens (tertiary/aromatic N) is 2. The number of hydrogen-bond donors (Lipinski definition) is 1. The molecule has 3 nitrogen and oxygen atoms in total. The summed E-state index contributed by atoms with van der Waals surface area (Å²) in [5.74, 6) is 0.829. The van der Waals surface area contributed by atoms with Gasteiger partial charge in [0, 0.05) is 31.2 Å². The first kappa shape index (κ1) is 15.3. The molecule has 1 saturated heterocycles. The van der Waals surface area contributed by atoms with E-state index in [2.05, 4.69) is 44.7 Å². The van der Waals surface area contributed by atoms with Gasteiger partial charge in [-0.2, -0.15) is 0 Å². The van der Waals surface area contributed by atoms with Crippen molar-refractivity contribution in [1.29, 1.82) is 0 Å². The van der Waals surface area contributed by atoms with Crippen LogP contribution in [0.3, 0.4) is 0 Å². The maximum atomic E-state index is 6.43. The van der Waals surface area contributed by atoms with Crippen LogP contribution in [0.4, 0.5) is 0 Å². The van der Waals surface area contributed by atoms with Crippen molar-refractivity contribution < 1.29 is 0 Å². The Morgan fingerprint density at radius 1 is 1.11 bits per heavy atom. The highest BCUT2D eigenvalue weighted by Crippen LogP contribution is 2.39. The molecule has 1 heterocycles. The van der Waals surface area contributed by atoms with Crippen molar-refractivity contribution in [2.24, 2.45) is 17.1 Å². The van der Waals surface area contributed by atoms with Crippen LogP contribution in [0.2, 0.25) is 0 Å². The van der Waals surface area contributed by atoms with Gasteiger partial charge in [0.25, 0.3) is 0 Å². The molecule has 0 bridgehead atoms. The number of likely N-dealkylation sites (tertiary alicyclic amines) is 1. The van der Waals surface area contributed by atoms with Gasteiger partial charge in [0.1, 0.15) is 0 Å². The molecular formula is C16H33N3. The van der Waals surface area contributed by atoms with Crippen molar-refractivity contribution in [3.05, 3.63) is 0 Å². The molecule has 0 aromatic heterocycles. The fourth-order valence-electron chi connectivity index (χ4n) is 3.87. The Kier molecular flexibility index (Phi) is 4.59. The highest BCUT2D eigenvalue weighted by atomic mass is 15.3. The fourth-order valence-corrected chi connectivity index (χ4v) is 3.87. The van der Waals surface area contributed by atoms with Gasteiger partial charge in [-0.05, 0) is 51.1 Å². The third-order valence-electron chi connectivity index (χ3n) is 5.49. The van der Waals surface area contributed by atoms with Crippen LogP contribution in [0.15, 0.2) is 0 Å². The summed E-state index contributed by atoms with van der Waals surface area (Å²) in [5.41, 5.74) is 6.86. The number of rotatable bonds is 2. The molecule has 2 rings (SSSR count). The van der Waals surface area contributed by atoms with Gasteiger partial charge in [0.05, 0.1) is 0 Å². The molecule has 112 valence electrons. The van der Waals surface area contributed by atoms with Gasteiger partial charge in [0.15, 0.2) is 0 Å². The minimum Gasteiger partial charge on any atom is -0.326 e. The van der Waals surface area contributed by atoms with Crippen LogP contribution in [0.1, 0.15) is 46.5 Å². The van der Waals surface area contributed by atoms with E-state index in [1.165, 1.54) is 38.8 Å². The molecule has 2 fully saturated rings. The second-order valence-electron chi connectivity index (χ2n) is 8.01. The largest absolute Gasteiger partial charge is 0.326 e. The molecule has 4 unspecified atom stereocenters.